The van der Waals surface area contributed by atoms with Crippen LogP contribution in [0.25, 0.3) is 0 Å². The number of esters is 1. The molecule has 0 amide bonds. The number of hydrogen-bond donors (Lipinski definition) is 1. The van der Waals surface area contributed by atoms with Crippen molar-refractivity contribution in [3.05, 3.63) is 50.6 Å². The highest BCUT2D eigenvalue weighted by Gasteiger charge is 2.31. The molecule has 2 heterocycles. The van der Waals surface area contributed by atoms with Crippen LogP contribution in [0.4, 0.5) is 0 Å². The lowest BCUT2D eigenvalue weighted by molar-refractivity contribution is -0.143. The highest BCUT2D eigenvalue weighted by Crippen LogP contribution is 2.23. The van der Waals surface area contributed by atoms with Crippen LogP contribution >= 0.6 is 27.3 Å². The van der Waals surface area contributed by atoms with Gasteiger partial charge in [0, 0.05) is 5.56 Å². The third-order valence-electron chi connectivity index (χ3n) is 3.52. The van der Waals surface area contributed by atoms with Crippen LogP contribution in [0, 0.1) is 0 Å². The van der Waals surface area contributed by atoms with Gasteiger partial charge in [-0.05, 0) is 47.1 Å². The van der Waals surface area contributed by atoms with Crippen LogP contribution in [0.15, 0.2) is 50.1 Å². The molecule has 3 rings (SSSR count). The van der Waals surface area contributed by atoms with Crippen molar-refractivity contribution in [2.24, 2.45) is 4.99 Å². The van der Waals surface area contributed by atoms with Gasteiger partial charge in [-0.25, -0.2) is 13.2 Å². The Morgan fingerprint density at radius 1 is 1.27 bits per heavy atom. The van der Waals surface area contributed by atoms with Gasteiger partial charge in [-0.2, -0.15) is 0 Å². The number of aliphatic imine (C=N–C) groups is 1. The monoisotopic (exact) mass is 456 g/mol. The molecule has 1 aromatic heterocycles. The van der Waals surface area contributed by atoms with Crippen LogP contribution in [-0.4, -0.2) is 38.7 Å². The molecule has 0 bridgehead atoms. The normalized spacial score (nSPS) is 17.4. The van der Waals surface area contributed by atoms with Crippen molar-refractivity contribution >= 4 is 54.9 Å². The van der Waals surface area contributed by atoms with Crippen LogP contribution in [0.5, 0.6) is 0 Å². The molecule has 1 N–H and O–H groups in total. The number of nitrogens with zero attached hydrogens (tertiary/aromatic N) is 1. The SMILES string of the molecule is C[C@H](N=C1NS(=O)(=O)c2ccccc21)C(=O)OCC(=O)c1ccc(Br)s1. The minimum Gasteiger partial charge on any atom is -0.456 e. The van der Waals surface area contributed by atoms with Crippen molar-refractivity contribution in [3.8, 4) is 0 Å². The number of nitrogens with one attached hydrogen (secondary N) is 1. The van der Waals surface area contributed by atoms with E-state index in [1.165, 1.54) is 24.3 Å². The predicted octanol–water partition coefficient (Wildman–Crippen LogP) is 2.36. The number of rotatable bonds is 5. The first-order valence-corrected chi connectivity index (χ1v) is 10.5. The summed E-state index contributed by atoms with van der Waals surface area (Å²) < 4.78 is 32.2. The largest absolute Gasteiger partial charge is 0.456 e. The maximum absolute atomic E-state index is 12.1. The summed E-state index contributed by atoms with van der Waals surface area (Å²) in [6.45, 7) is 1.07. The van der Waals surface area contributed by atoms with Gasteiger partial charge in [-0.1, -0.05) is 12.1 Å². The van der Waals surface area contributed by atoms with Crippen molar-refractivity contribution in [1.82, 2.24) is 4.72 Å². The van der Waals surface area contributed by atoms with Crippen molar-refractivity contribution in [3.63, 3.8) is 0 Å². The van der Waals surface area contributed by atoms with E-state index >= 15 is 0 Å². The zero-order valence-electron chi connectivity index (χ0n) is 13.4. The van der Waals surface area contributed by atoms with Crippen LogP contribution in [0.2, 0.25) is 0 Å². The molecule has 1 atom stereocenters. The van der Waals surface area contributed by atoms with Crippen LogP contribution in [-0.2, 0) is 19.6 Å². The second-order valence-electron chi connectivity index (χ2n) is 5.39. The number of halogens is 1. The maximum atomic E-state index is 12.1. The summed E-state index contributed by atoms with van der Waals surface area (Å²) in [5.41, 5.74) is 0.395. The Morgan fingerprint density at radius 2 is 2.00 bits per heavy atom. The van der Waals surface area contributed by atoms with Crippen molar-refractivity contribution in [2.45, 2.75) is 17.9 Å². The Bertz CT molecular complexity index is 1010. The van der Waals surface area contributed by atoms with E-state index in [0.29, 0.717) is 10.4 Å². The van der Waals surface area contributed by atoms with E-state index in [9.17, 15) is 18.0 Å². The van der Waals surface area contributed by atoms with Gasteiger partial charge in [0.1, 0.15) is 11.9 Å². The second-order valence-corrected chi connectivity index (χ2v) is 9.50. The minimum absolute atomic E-state index is 0.0820. The predicted molar refractivity (Wildman–Crippen MR) is 100 cm³/mol. The second kappa shape index (κ2) is 7.29. The van der Waals surface area contributed by atoms with Gasteiger partial charge in [-0.15, -0.1) is 11.3 Å². The van der Waals surface area contributed by atoms with Gasteiger partial charge < -0.3 is 4.74 Å². The molecule has 0 unspecified atom stereocenters. The lowest BCUT2D eigenvalue weighted by Crippen LogP contribution is -2.27. The fraction of sp³-hybridized carbons (Fsp3) is 0.188. The Morgan fingerprint density at radius 3 is 2.69 bits per heavy atom. The number of carbonyl (C=O) groups excluding carboxylic acids is 2. The Labute approximate surface area is 162 Å². The standard InChI is InChI=1S/C16H13BrN2O5S2/c1-9(16(21)24-8-11(20)12-6-7-14(17)25-12)18-15-10-4-2-3-5-13(10)26(22,23)19-15/h2-7,9H,8H2,1H3,(H,18,19)/t9-/m0/s1. The first kappa shape index (κ1) is 18.7. The van der Waals surface area contributed by atoms with E-state index in [4.69, 9.17) is 4.74 Å². The number of ketones is 1. The van der Waals surface area contributed by atoms with E-state index in [1.807, 2.05) is 0 Å². The van der Waals surface area contributed by atoms with Crippen LogP contribution in [0.1, 0.15) is 22.2 Å². The average Bonchev–Trinajstić information content (AvgIpc) is 3.14. The summed E-state index contributed by atoms with van der Waals surface area (Å²) >= 11 is 4.51. The molecule has 136 valence electrons. The fourth-order valence-electron chi connectivity index (χ4n) is 2.27. The van der Waals surface area contributed by atoms with Gasteiger partial charge in [0.25, 0.3) is 10.0 Å². The number of ether oxygens (including phenoxy) is 1. The molecule has 2 aromatic rings. The molecule has 0 saturated heterocycles. The van der Waals surface area contributed by atoms with Gasteiger partial charge in [-0.3, -0.25) is 14.5 Å². The number of sulfonamides is 1. The molecular formula is C16H13BrN2O5S2. The summed E-state index contributed by atoms with van der Waals surface area (Å²) in [5, 5.41) is 0. The molecule has 1 aliphatic rings. The first-order valence-electron chi connectivity index (χ1n) is 7.43. The topological polar surface area (TPSA) is 102 Å². The van der Waals surface area contributed by atoms with E-state index in [1.54, 1.807) is 30.3 Å². The third-order valence-corrected chi connectivity index (χ3v) is 6.58. The first-order chi connectivity index (χ1) is 12.3. The molecule has 0 saturated carbocycles. The molecule has 1 aliphatic heterocycles. The van der Waals surface area contributed by atoms with Gasteiger partial charge >= 0.3 is 5.97 Å². The number of Topliss-reactive ketones (excluding diaryl/α,β-unsaturated/α-hetero) is 1. The van der Waals surface area contributed by atoms with Crippen molar-refractivity contribution in [1.29, 1.82) is 0 Å². The molecule has 26 heavy (non-hydrogen) atoms. The molecular weight excluding hydrogens is 444 g/mol. The highest BCUT2D eigenvalue weighted by atomic mass is 79.9. The lowest BCUT2D eigenvalue weighted by Gasteiger charge is -2.08. The number of amidine groups is 1. The molecule has 0 aliphatic carbocycles. The molecule has 1 aromatic carbocycles. The fourth-order valence-corrected chi connectivity index (χ4v) is 4.82. The Balaban J connectivity index is 1.68. The molecule has 0 fully saturated rings. The number of thiophene rings is 1. The maximum Gasteiger partial charge on any atom is 0.331 e. The van der Waals surface area contributed by atoms with E-state index in [0.717, 1.165) is 3.79 Å². The summed E-state index contributed by atoms with van der Waals surface area (Å²) in [7, 11) is -3.68. The van der Waals surface area contributed by atoms with Gasteiger partial charge in [0.15, 0.2) is 6.61 Å². The molecule has 0 radical (unpaired) electrons. The quantitative estimate of drug-likeness (QED) is 0.549. The minimum atomic E-state index is -3.68. The van der Waals surface area contributed by atoms with Gasteiger partial charge in [0.05, 0.1) is 13.6 Å². The van der Waals surface area contributed by atoms with Crippen molar-refractivity contribution < 1.29 is 22.7 Å². The Hall–Kier alpha value is -2.04. The molecule has 7 nitrogen and oxygen atoms in total. The van der Waals surface area contributed by atoms with E-state index in [-0.39, 0.29) is 16.5 Å². The Kier molecular flexibility index (Phi) is 5.26. The van der Waals surface area contributed by atoms with Gasteiger partial charge in [0.2, 0.25) is 5.78 Å². The van der Waals surface area contributed by atoms with Crippen molar-refractivity contribution in [2.75, 3.05) is 6.61 Å². The zero-order valence-corrected chi connectivity index (χ0v) is 16.7. The number of fused-ring (bicyclic) bond motifs is 1. The number of hydrogen-bond acceptors (Lipinski definition) is 7. The summed E-state index contributed by atoms with van der Waals surface area (Å²) in [5.74, 6) is -0.954. The highest BCUT2D eigenvalue weighted by molar-refractivity contribution is 9.11. The van der Waals surface area contributed by atoms with Crippen LogP contribution < -0.4 is 4.72 Å². The zero-order chi connectivity index (χ0) is 18.9. The summed E-state index contributed by atoms with van der Waals surface area (Å²) in [6.07, 6.45) is 0. The number of benzene rings is 1. The molecule has 0 spiro atoms. The lowest BCUT2D eigenvalue weighted by atomic mass is 10.2. The molecule has 10 heteroatoms. The van der Waals surface area contributed by atoms with E-state index < -0.39 is 28.6 Å². The average molecular weight is 457 g/mol. The summed E-state index contributed by atoms with van der Waals surface area (Å²) in [6, 6.07) is 8.74. The number of carbonyl (C=O) groups is 2. The van der Waals surface area contributed by atoms with Crippen LogP contribution in [0.3, 0.4) is 0 Å². The smallest absolute Gasteiger partial charge is 0.331 e. The third kappa shape index (κ3) is 3.87. The summed E-state index contributed by atoms with van der Waals surface area (Å²) in [4.78, 5) is 28.7. The van der Waals surface area contributed by atoms with E-state index in [2.05, 4.69) is 25.6 Å².